The molecule has 0 fully saturated rings. The van der Waals surface area contributed by atoms with Crippen molar-refractivity contribution in [3.05, 3.63) is 103 Å². The van der Waals surface area contributed by atoms with Gasteiger partial charge in [-0.05, 0) is 23.3 Å². The smallest absolute Gasteiger partial charge is 0.167 e. The first kappa shape index (κ1) is 17.5. The molecule has 31 heavy (non-hydrogen) atoms. The van der Waals surface area contributed by atoms with Crippen LogP contribution in [0, 0.1) is 0 Å². The zero-order chi connectivity index (χ0) is 20.6. The van der Waals surface area contributed by atoms with Crippen molar-refractivity contribution in [3.8, 4) is 33.9 Å². The number of nitrogens with zero attached hydrogens (tertiary/aromatic N) is 3. The largest absolute Gasteiger partial charge is 0.455 e. The van der Waals surface area contributed by atoms with Gasteiger partial charge in [-0.3, -0.25) is 0 Å². The van der Waals surface area contributed by atoms with Crippen LogP contribution in [0.5, 0.6) is 0 Å². The molecule has 146 valence electrons. The lowest BCUT2D eigenvalue weighted by molar-refractivity contribution is 0.669. The highest BCUT2D eigenvalue weighted by Gasteiger charge is 2.14. The average molecular weight is 399 g/mol. The quantitative estimate of drug-likeness (QED) is 0.329. The molecule has 0 aliphatic heterocycles. The average Bonchev–Trinajstić information content (AvgIpc) is 3.24. The van der Waals surface area contributed by atoms with E-state index in [9.17, 15) is 0 Å². The maximum absolute atomic E-state index is 6.15. The Morgan fingerprint density at radius 1 is 0.516 bits per heavy atom. The van der Waals surface area contributed by atoms with Gasteiger partial charge in [0.2, 0.25) is 0 Å². The Kier molecular flexibility index (Phi) is 4.06. The summed E-state index contributed by atoms with van der Waals surface area (Å²) in [7, 11) is 0. The van der Waals surface area contributed by atoms with Gasteiger partial charge in [0.15, 0.2) is 11.6 Å². The third-order valence-electron chi connectivity index (χ3n) is 5.47. The summed E-state index contributed by atoms with van der Waals surface area (Å²) >= 11 is 0. The van der Waals surface area contributed by atoms with Crippen molar-refractivity contribution < 1.29 is 4.42 Å². The fourth-order valence-electron chi connectivity index (χ4n) is 3.93. The fraction of sp³-hybridized carbons (Fsp3) is 0. The molecule has 0 unspecified atom stereocenters. The molecule has 0 radical (unpaired) electrons. The number of aromatic nitrogens is 3. The second kappa shape index (κ2) is 7.18. The van der Waals surface area contributed by atoms with Crippen molar-refractivity contribution in [2.24, 2.45) is 0 Å². The Hall–Kier alpha value is -4.31. The van der Waals surface area contributed by atoms with Crippen molar-refractivity contribution in [3.63, 3.8) is 0 Å². The lowest BCUT2D eigenvalue weighted by Crippen LogP contribution is -1.95. The van der Waals surface area contributed by atoms with Gasteiger partial charge in [-0.2, -0.15) is 0 Å². The molecule has 0 aliphatic carbocycles. The van der Waals surface area contributed by atoms with Crippen LogP contribution in [-0.4, -0.2) is 15.0 Å². The SMILES string of the molecule is c1ccc(-c2ccc(-c3ncnc(-c4cccc5c4oc4ccccc45)n3)cc2)cc1. The van der Waals surface area contributed by atoms with E-state index in [-0.39, 0.29) is 0 Å². The molecule has 0 spiro atoms. The molecular weight excluding hydrogens is 382 g/mol. The Bertz CT molecular complexity index is 1520. The maximum atomic E-state index is 6.15. The van der Waals surface area contributed by atoms with Crippen LogP contribution < -0.4 is 0 Å². The van der Waals surface area contributed by atoms with Crippen LogP contribution in [0.4, 0.5) is 0 Å². The summed E-state index contributed by atoms with van der Waals surface area (Å²) in [6, 6.07) is 32.7. The number of hydrogen-bond acceptors (Lipinski definition) is 4. The molecule has 6 aromatic rings. The first-order valence-corrected chi connectivity index (χ1v) is 10.1. The van der Waals surface area contributed by atoms with Gasteiger partial charge in [0, 0.05) is 16.3 Å². The van der Waals surface area contributed by atoms with E-state index in [4.69, 9.17) is 9.40 Å². The highest BCUT2D eigenvalue weighted by molar-refractivity contribution is 6.09. The van der Waals surface area contributed by atoms with Crippen molar-refractivity contribution in [1.82, 2.24) is 15.0 Å². The van der Waals surface area contributed by atoms with Gasteiger partial charge in [-0.25, -0.2) is 15.0 Å². The van der Waals surface area contributed by atoms with Gasteiger partial charge in [0.05, 0.1) is 5.56 Å². The van der Waals surface area contributed by atoms with Gasteiger partial charge < -0.3 is 4.42 Å². The summed E-state index contributed by atoms with van der Waals surface area (Å²) in [5.74, 6) is 1.24. The van der Waals surface area contributed by atoms with Gasteiger partial charge in [0.25, 0.3) is 0 Å². The Labute approximate surface area is 178 Å². The molecule has 0 bridgehead atoms. The lowest BCUT2D eigenvalue weighted by Gasteiger charge is -2.06. The van der Waals surface area contributed by atoms with Crippen LogP contribution in [0.2, 0.25) is 0 Å². The Morgan fingerprint density at radius 3 is 2.06 bits per heavy atom. The molecule has 4 heteroatoms. The molecule has 0 atom stereocenters. The standard InChI is InChI=1S/C27H17N3O/c1-2-7-18(8-3-1)19-13-15-20(16-14-19)26-28-17-29-27(30-26)23-11-6-10-22-21-9-4-5-12-24(21)31-25(22)23/h1-17H. The first-order chi connectivity index (χ1) is 15.4. The van der Waals surface area contributed by atoms with E-state index in [2.05, 4.69) is 46.4 Å². The van der Waals surface area contributed by atoms with E-state index >= 15 is 0 Å². The van der Waals surface area contributed by atoms with Crippen molar-refractivity contribution >= 4 is 21.9 Å². The van der Waals surface area contributed by atoms with Crippen LogP contribution in [-0.2, 0) is 0 Å². The van der Waals surface area contributed by atoms with E-state index in [1.54, 1.807) is 6.33 Å². The number of rotatable bonds is 3. The van der Waals surface area contributed by atoms with E-state index in [0.29, 0.717) is 11.6 Å². The summed E-state index contributed by atoms with van der Waals surface area (Å²) in [5, 5.41) is 2.15. The van der Waals surface area contributed by atoms with Crippen molar-refractivity contribution in [1.29, 1.82) is 0 Å². The van der Waals surface area contributed by atoms with Crippen LogP contribution in [0.25, 0.3) is 55.8 Å². The van der Waals surface area contributed by atoms with Gasteiger partial charge >= 0.3 is 0 Å². The summed E-state index contributed by atoms with van der Waals surface area (Å²) in [5.41, 5.74) is 5.79. The van der Waals surface area contributed by atoms with Crippen molar-refractivity contribution in [2.45, 2.75) is 0 Å². The Morgan fingerprint density at radius 2 is 1.19 bits per heavy atom. The van der Waals surface area contributed by atoms with E-state index in [0.717, 1.165) is 38.6 Å². The molecule has 2 aromatic heterocycles. The number of benzene rings is 4. The molecule has 6 rings (SSSR count). The molecule has 0 N–H and O–H groups in total. The highest BCUT2D eigenvalue weighted by atomic mass is 16.3. The van der Waals surface area contributed by atoms with E-state index in [1.807, 2.05) is 60.7 Å². The molecule has 4 nitrogen and oxygen atoms in total. The number of furan rings is 1. The molecule has 4 aromatic carbocycles. The minimum Gasteiger partial charge on any atom is -0.455 e. The van der Waals surface area contributed by atoms with Crippen molar-refractivity contribution in [2.75, 3.05) is 0 Å². The Balaban J connectivity index is 1.43. The summed E-state index contributed by atoms with van der Waals surface area (Å²) in [4.78, 5) is 13.6. The van der Waals surface area contributed by atoms with Crippen LogP contribution >= 0.6 is 0 Å². The summed E-state index contributed by atoms with van der Waals surface area (Å²) in [6.45, 7) is 0. The predicted molar refractivity (Wildman–Crippen MR) is 123 cm³/mol. The van der Waals surface area contributed by atoms with Crippen LogP contribution in [0.1, 0.15) is 0 Å². The molecule has 2 heterocycles. The second-order valence-corrected chi connectivity index (χ2v) is 7.36. The first-order valence-electron chi connectivity index (χ1n) is 10.1. The second-order valence-electron chi connectivity index (χ2n) is 7.36. The summed E-state index contributed by atoms with van der Waals surface area (Å²) in [6.07, 6.45) is 1.56. The normalized spacial score (nSPS) is 11.2. The fourth-order valence-corrected chi connectivity index (χ4v) is 3.93. The topological polar surface area (TPSA) is 51.8 Å². The third kappa shape index (κ3) is 3.06. The van der Waals surface area contributed by atoms with Gasteiger partial charge in [-0.1, -0.05) is 84.9 Å². The molecule has 0 saturated heterocycles. The molecule has 0 saturated carbocycles. The zero-order valence-corrected chi connectivity index (χ0v) is 16.6. The zero-order valence-electron chi connectivity index (χ0n) is 16.6. The molecule has 0 aliphatic rings. The minimum atomic E-state index is 0.599. The van der Waals surface area contributed by atoms with Crippen LogP contribution in [0.15, 0.2) is 108 Å². The number of hydrogen-bond donors (Lipinski definition) is 0. The molecule has 0 amide bonds. The van der Waals surface area contributed by atoms with E-state index in [1.165, 1.54) is 5.56 Å². The summed E-state index contributed by atoms with van der Waals surface area (Å²) < 4.78 is 6.15. The maximum Gasteiger partial charge on any atom is 0.167 e. The molecular formula is C27H17N3O. The predicted octanol–water partition coefficient (Wildman–Crippen LogP) is 6.77. The highest BCUT2D eigenvalue weighted by Crippen LogP contribution is 2.34. The van der Waals surface area contributed by atoms with Gasteiger partial charge in [-0.15, -0.1) is 0 Å². The monoisotopic (exact) mass is 399 g/mol. The van der Waals surface area contributed by atoms with Gasteiger partial charge in [0.1, 0.15) is 17.5 Å². The van der Waals surface area contributed by atoms with E-state index < -0.39 is 0 Å². The minimum absolute atomic E-state index is 0.599. The number of fused-ring (bicyclic) bond motifs is 3. The number of para-hydroxylation sites is 2. The third-order valence-corrected chi connectivity index (χ3v) is 5.47. The van der Waals surface area contributed by atoms with Crippen LogP contribution in [0.3, 0.4) is 0 Å². The lowest BCUT2D eigenvalue weighted by atomic mass is 10.0.